The second-order valence-corrected chi connectivity index (χ2v) is 7.78. The number of ether oxygens (including phenoxy) is 4. The van der Waals surface area contributed by atoms with E-state index in [1.807, 2.05) is 0 Å². The van der Waals surface area contributed by atoms with Crippen LogP contribution in [0.1, 0.15) is 32.8 Å². The molecule has 2 heterocycles. The normalized spacial score (nSPS) is 21.1. The molecule has 1 aromatic rings. The molecular formula is C27H22O7. The van der Waals surface area contributed by atoms with E-state index in [0.29, 0.717) is 40.2 Å². The van der Waals surface area contributed by atoms with E-state index in [1.54, 1.807) is 49.4 Å². The van der Waals surface area contributed by atoms with Gasteiger partial charge in [-0.25, -0.2) is 4.79 Å². The zero-order chi connectivity index (χ0) is 24.5. The molecule has 2 aliphatic heterocycles. The third-order valence-electron chi connectivity index (χ3n) is 5.39. The van der Waals surface area contributed by atoms with Crippen LogP contribution in [-0.2, 0) is 29.5 Å². The van der Waals surface area contributed by atoms with Gasteiger partial charge in [0, 0.05) is 43.0 Å². The van der Waals surface area contributed by atoms with Crippen LogP contribution in [0.15, 0.2) is 77.6 Å². The molecule has 2 unspecified atom stereocenters. The Bertz CT molecular complexity index is 1300. The van der Waals surface area contributed by atoms with Crippen LogP contribution >= 0.6 is 0 Å². The highest BCUT2D eigenvalue weighted by molar-refractivity contribution is 6.00. The average molecular weight is 458 g/mol. The summed E-state index contributed by atoms with van der Waals surface area (Å²) in [4.78, 5) is 35.9. The molecule has 1 spiro atoms. The van der Waals surface area contributed by atoms with Crippen molar-refractivity contribution >= 4 is 17.9 Å². The van der Waals surface area contributed by atoms with Gasteiger partial charge in [0.2, 0.25) is 0 Å². The predicted octanol–water partition coefficient (Wildman–Crippen LogP) is 3.96. The number of benzene rings is 1. The van der Waals surface area contributed by atoms with Crippen molar-refractivity contribution in [3.8, 4) is 23.3 Å². The van der Waals surface area contributed by atoms with E-state index < -0.39 is 29.6 Å². The van der Waals surface area contributed by atoms with Crippen LogP contribution in [0.2, 0.25) is 0 Å². The third-order valence-corrected chi connectivity index (χ3v) is 5.39. The molecule has 2 atom stereocenters. The average Bonchev–Trinajstić information content (AvgIpc) is 2.92. The second-order valence-electron chi connectivity index (χ2n) is 7.78. The molecule has 0 radical (unpaired) electrons. The lowest BCUT2D eigenvalue weighted by molar-refractivity contribution is -0.144. The molecule has 0 N–H and O–H groups in total. The Morgan fingerprint density at radius 1 is 1.26 bits per heavy atom. The third kappa shape index (κ3) is 3.95. The minimum atomic E-state index is -1.39. The van der Waals surface area contributed by atoms with Gasteiger partial charge in [-0.2, -0.15) is 0 Å². The summed E-state index contributed by atoms with van der Waals surface area (Å²) in [7, 11) is 0. The number of carbonyl (C=O) groups excluding carboxylic acids is 3. The van der Waals surface area contributed by atoms with Gasteiger partial charge >= 0.3 is 17.9 Å². The minimum Gasteiger partial charge on any atom is -0.459 e. The molecule has 1 saturated heterocycles. The van der Waals surface area contributed by atoms with E-state index in [-0.39, 0.29) is 5.75 Å². The second kappa shape index (κ2) is 8.91. The van der Waals surface area contributed by atoms with Crippen molar-refractivity contribution in [3.05, 3.63) is 83.2 Å². The monoisotopic (exact) mass is 458 g/mol. The zero-order valence-corrected chi connectivity index (χ0v) is 19.0. The molecule has 4 rings (SSSR count). The van der Waals surface area contributed by atoms with Gasteiger partial charge in [-0.3, -0.25) is 9.59 Å². The number of hydrogen-bond donors (Lipinski definition) is 0. The molecule has 7 nitrogen and oxygen atoms in total. The number of allylic oxidation sites excluding steroid dienone is 3. The Hall–Kier alpha value is -4.31. The molecule has 0 bridgehead atoms. The van der Waals surface area contributed by atoms with Gasteiger partial charge in [-0.15, -0.1) is 0 Å². The molecule has 0 amide bonds. The van der Waals surface area contributed by atoms with E-state index in [1.165, 1.54) is 19.9 Å². The quantitative estimate of drug-likeness (QED) is 0.375. The molecule has 0 saturated carbocycles. The molecular weight excluding hydrogens is 436 g/mol. The molecule has 34 heavy (non-hydrogen) atoms. The maximum absolute atomic E-state index is 13.0. The van der Waals surface area contributed by atoms with Gasteiger partial charge in [-0.05, 0) is 37.3 Å². The van der Waals surface area contributed by atoms with Crippen molar-refractivity contribution < 1.29 is 33.3 Å². The highest BCUT2D eigenvalue weighted by atomic mass is 16.6. The molecule has 1 aliphatic carbocycles. The summed E-state index contributed by atoms with van der Waals surface area (Å²) in [6.07, 6.45) is 8.13. The first-order chi connectivity index (χ1) is 16.3. The summed E-state index contributed by atoms with van der Waals surface area (Å²) in [5.74, 6) is 5.49. The topological polar surface area (TPSA) is 88.1 Å². The summed E-state index contributed by atoms with van der Waals surface area (Å²) in [6.45, 7) is 8.20. The Morgan fingerprint density at radius 3 is 2.76 bits per heavy atom. The van der Waals surface area contributed by atoms with Gasteiger partial charge < -0.3 is 18.9 Å². The maximum Gasteiger partial charge on any atom is 0.339 e. The van der Waals surface area contributed by atoms with Crippen LogP contribution in [-0.4, -0.2) is 24.0 Å². The first kappa shape index (κ1) is 22.9. The fourth-order valence-corrected chi connectivity index (χ4v) is 4.14. The van der Waals surface area contributed by atoms with E-state index >= 15 is 0 Å². The lowest BCUT2D eigenvalue weighted by atomic mass is 9.75. The summed E-state index contributed by atoms with van der Waals surface area (Å²) >= 11 is 0. The fraction of sp³-hybridized carbons (Fsp3) is 0.222. The van der Waals surface area contributed by atoms with Gasteiger partial charge in [0.15, 0.2) is 5.60 Å². The maximum atomic E-state index is 13.0. The molecule has 1 aromatic carbocycles. The van der Waals surface area contributed by atoms with Crippen molar-refractivity contribution in [1.82, 2.24) is 0 Å². The number of carbonyl (C=O) groups is 3. The van der Waals surface area contributed by atoms with E-state index in [0.717, 1.165) is 0 Å². The molecule has 172 valence electrons. The summed E-state index contributed by atoms with van der Waals surface area (Å²) in [5.41, 5.74) is 0.588. The number of rotatable bonds is 5. The number of esters is 3. The summed E-state index contributed by atoms with van der Waals surface area (Å²) in [6, 6.07) is 4.85. The van der Waals surface area contributed by atoms with Crippen LogP contribution in [0, 0.1) is 11.8 Å². The Balaban J connectivity index is 1.96. The van der Waals surface area contributed by atoms with Crippen LogP contribution < -0.4 is 9.47 Å². The highest BCUT2D eigenvalue weighted by Crippen LogP contribution is 2.56. The van der Waals surface area contributed by atoms with Crippen molar-refractivity contribution in [3.63, 3.8) is 0 Å². The minimum absolute atomic E-state index is 0.280. The Kier molecular flexibility index (Phi) is 5.99. The lowest BCUT2D eigenvalue weighted by Crippen LogP contribution is -2.35. The summed E-state index contributed by atoms with van der Waals surface area (Å²) in [5, 5.41) is 0. The van der Waals surface area contributed by atoms with E-state index in [4.69, 9.17) is 18.9 Å². The molecule has 7 heteroatoms. The van der Waals surface area contributed by atoms with Gasteiger partial charge in [0.25, 0.3) is 0 Å². The smallest absolute Gasteiger partial charge is 0.339 e. The predicted molar refractivity (Wildman–Crippen MR) is 122 cm³/mol. The standard InChI is InChI=1S/C27H22O7/c1-5-24-22(13-11-16(2)31-17(3)28)27(21-10-8-6-7-9-20(21)26(30)34-27)23-14-12-19(32-18(4)29)15-25(23)33-24/h5,9-16H,1,7H2,2-4H3/b13-11-. The Morgan fingerprint density at radius 2 is 2.06 bits per heavy atom. The fourth-order valence-electron chi connectivity index (χ4n) is 4.14. The van der Waals surface area contributed by atoms with Crippen molar-refractivity contribution in [1.29, 1.82) is 0 Å². The van der Waals surface area contributed by atoms with Gasteiger partial charge in [0.05, 0.1) is 5.57 Å². The van der Waals surface area contributed by atoms with Gasteiger partial charge in [-0.1, -0.05) is 30.6 Å². The zero-order valence-electron chi connectivity index (χ0n) is 19.0. The number of hydrogen-bond acceptors (Lipinski definition) is 7. The molecule has 3 aliphatic rings. The lowest BCUT2D eigenvalue weighted by Gasteiger charge is -2.37. The first-order valence-electron chi connectivity index (χ1n) is 10.6. The molecule has 1 fully saturated rings. The van der Waals surface area contributed by atoms with Crippen molar-refractivity contribution in [2.45, 2.75) is 38.9 Å². The van der Waals surface area contributed by atoms with E-state index in [9.17, 15) is 14.4 Å². The molecule has 0 aromatic heterocycles. The van der Waals surface area contributed by atoms with Gasteiger partial charge in [0.1, 0.15) is 23.4 Å². The van der Waals surface area contributed by atoms with Crippen LogP contribution in [0.25, 0.3) is 0 Å². The SMILES string of the molecule is C=CC1=C(/C=C\C(C)OC(C)=O)C2(OC(=O)C3=CCC#CC=C32)c2ccc(OC(C)=O)cc2O1. The van der Waals surface area contributed by atoms with Crippen LogP contribution in [0.4, 0.5) is 0 Å². The first-order valence-corrected chi connectivity index (χ1v) is 10.6. The number of fused-ring (bicyclic) bond motifs is 4. The largest absolute Gasteiger partial charge is 0.459 e. The van der Waals surface area contributed by atoms with Crippen LogP contribution in [0.3, 0.4) is 0 Å². The highest BCUT2D eigenvalue weighted by Gasteiger charge is 2.56. The Labute approximate surface area is 197 Å². The van der Waals surface area contributed by atoms with Crippen LogP contribution in [0.5, 0.6) is 11.5 Å². The van der Waals surface area contributed by atoms with E-state index in [2.05, 4.69) is 18.4 Å². The summed E-state index contributed by atoms with van der Waals surface area (Å²) < 4.78 is 22.6. The van der Waals surface area contributed by atoms with Crippen molar-refractivity contribution in [2.75, 3.05) is 0 Å². The van der Waals surface area contributed by atoms with Crippen molar-refractivity contribution in [2.24, 2.45) is 0 Å².